The number of carbonyl (C=O) groups is 2. The normalized spacial score (nSPS) is 16.4. The molecule has 0 saturated carbocycles. The average Bonchev–Trinajstić information content (AvgIpc) is 2.75. The molecule has 0 fully saturated rings. The Kier molecular flexibility index (Phi) is 7.03. The molecule has 0 bridgehead atoms. The van der Waals surface area contributed by atoms with Crippen molar-refractivity contribution in [2.75, 3.05) is 13.2 Å². The standard InChI is InChI=1S/C23H27N3O3/c1-3-18-20(22(27)29-4-2)19(26-23(28)25-18)15-24-21(16-11-7-5-8-12-16)17-13-9-6-10-14-17/h5-14,18,21,24H,3-4,15H2,1-2H3,(H2,25,26,28)/t18-/m1/s1. The Bertz CT molecular complexity index is 826. The molecule has 0 spiro atoms. The Morgan fingerprint density at radius 1 is 1.03 bits per heavy atom. The molecule has 2 aromatic carbocycles. The van der Waals surface area contributed by atoms with E-state index in [1.807, 2.05) is 43.3 Å². The minimum absolute atomic E-state index is 0.0831. The van der Waals surface area contributed by atoms with Crippen molar-refractivity contribution in [2.45, 2.75) is 32.4 Å². The van der Waals surface area contributed by atoms with E-state index < -0.39 is 5.97 Å². The van der Waals surface area contributed by atoms with Crippen molar-refractivity contribution >= 4 is 12.0 Å². The molecule has 1 heterocycles. The van der Waals surface area contributed by atoms with Crippen LogP contribution in [0.4, 0.5) is 4.79 Å². The molecule has 0 aliphatic carbocycles. The molecule has 3 N–H and O–H groups in total. The van der Waals surface area contributed by atoms with Crippen LogP contribution >= 0.6 is 0 Å². The Labute approximate surface area is 171 Å². The van der Waals surface area contributed by atoms with Crippen LogP contribution < -0.4 is 16.0 Å². The highest BCUT2D eigenvalue weighted by atomic mass is 16.5. The molecule has 0 aromatic heterocycles. The first-order chi connectivity index (χ1) is 14.1. The van der Waals surface area contributed by atoms with E-state index in [0.717, 1.165) is 11.1 Å². The fourth-order valence-electron chi connectivity index (χ4n) is 3.52. The average molecular weight is 393 g/mol. The van der Waals surface area contributed by atoms with Crippen molar-refractivity contribution in [3.63, 3.8) is 0 Å². The molecular weight excluding hydrogens is 366 g/mol. The maximum absolute atomic E-state index is 12.6. The zero-order chi connectivity index (χ0) is 20.6. The zero-order valence-corrected chi connectivity index (χ0v) is 16.8. The number of urea groups is 1. The lowest BCUT2D eigenvalue weighted by Crippen LogP contribution is -2.52. The smallest absolute Gasteiger partial charge is 0.337 e. The fraction of sp³-hybridized carbons (Fsp3) is 0.304. The van der Waals surface area contributed by atoms with E-state index >= 15 is 0 Å². The lowest BCUT2D eigenvalue weighted by Gasteiger charge is -2.29. The van der Waals surface area contributed by atoms with Gasteiger partial charge in [-0.15, -0.1) is 0 Å². The third kappa shape index (κ3) is 5.03. The molecule has 152 valence electrons. The molecule has 6 nitrogen and oxygen atoms in total. The van der Waals surface area contributed by atoms with Crippen LogP contribution in [-0.2, 0) is 9.53 Å². The van der Waals surface area contributed by atoms with E-state index in [0.29, 0.717) is 24.2 Å². The van der Waals surface area contributed by atoms with E-state index in [1.54, 1.807) is 6.92 Å². The summed E-state index contributed by atoms with van der Waals surface area (Å²) in [5, 5.41) is 9.10. The topological polar surface area (TPSA) is 79.5 Å². The summed E-state index contributed by atoms with van der Waals surface area (Å²) in [4.78, 5) is 24.7. The molecule has 0 saturated heterocycles. The van der Waals surface area contributed by atoms with Gasteiger partial charge in [0.2, 0.25) is 0 Å². The second-order valence-corrected chi connectivity index (χ2v) is 6.81. The van der Waals surface area contributed by atoms with Gasteiger partial charge in [-0.1, -0.05) is 67.6 Å². The molecule has 2 aromatic rings. The second kappa shape index (κ2) is 9.89. The third-order valence-electron chi connectivity index (χ3n) is 4.90. The maximum atomic E-state index is 12.6. The lowest BCUT2D eigenvalue weighted by molar-refractivity contribution is -0.139. The van der Waals surface area contributed by atoms with E-state index in [-0.39, 0.29) is 24.7 Å². The number of hydrogen-bond donors (Lipinski definition) is 3. The van der Waals surface area contributed by atoms with Gasteiger partial charge in [-0.25, -0.2) is 9.59 Å². The van der Waals surface area contributed by atoms with Gasteiger partial charge in [-0.05, 0) is 24.5 Å². The Balaban J connectivity index is 1.91. The van der Waals surface area contributed by atoms with Gasteiger partial charge in [-0.3, -0.25) is 0 Å². The van der Waals surface area contributed by atoms with Gasteiger partial charge < -0.3 is 20.7 Å². The quantitative estimate of drug-likeness (QED) is 0.602. The summed E-state index contributed by atoms with van der Waals surface area (Å²) in [6, 6.07) is 19.4. The highest BCUT2D eigenvalue weighted by molar-refractivity contribution is 5.94. The van der Waals surface area contributed by atoms with E-state index in [4.69, 9.17) is 4.74 Å². The Morgan fingerprint density at radius 2 is 1.62 bits per heavy atom. The predicted molar refractivity (Wildman–Crippen MR) is 112 cm³/mol. The Morgan fingerprint density at radius 3 is 2.14 bits per heavy atom. The van der Waals surface area contributed by atoms with Gasteiger partial charge in [0.1, 0.15) is 0 Å². The van der Waals surface area contributed by atoms with Crippen LogP contribution in [0.3, 0.4) is 0 Å². The summed E-state index contributed by atoms with van der Waals surface area (Å²) in [5.41, 5.74) is 3.23. The lowest BCUT2D eigenvalue weighted by atomic mass is 9.97. The van der Waals surface area contributed by atoms with Gasteiger partial charge in [0.25, 0.3) is 0 Å². The molecule has 1 aliphatic heterocycles. The van der Waals surface area contributed by atoms with Crippen LogP contribution in [0.2, 0.25) is 0 Å². The molecule has 6 heteroatoms. The van der Waals surface area contributed by atoms with Gasteiger partial charge in [0.05, 0.1) is 24.3 Å². The number of esters is 1. The first-order valence-corrected chi connectivity index (χ1v) is 9.95. The van der Waals surface area contributed by atoms with Crippen LogP contribution in [-0.4, -0.2) is 31.2 Å². The van der Waals surface area contributed by atoms with E-state index in [2.05, 4.69) is 40.2 Å². The van der Waals surface area contributed by atoms with Crippen LogP contribution in [0, 0.1) is 0 Å². The molecule has 0 radical (unpaired) electrons. The third-order valence-corrected chi connectivity index (χ3v) is 4.90. The monoisotopic (exact) mass is 393 g/mol. The number of hydrogen-bond acceptors (Lipinski definition) is 4. The second-order valence-electron chi connectivity index (χ2n) is 6.81. The van der Waals surface area contributed by atoms with Crippen molar-refractivity contribution in [1.29, 1.82) is 0 Å². The van der Waals surface area contributed by atoms with Crippen molar-refractivity contribution < 1.29 is 14.3 Å². The minimum Gasteiger partial charge on any atom is -0.463 e. The van der Waals surface area contributed by atoms with Crippen molar-refractivity contribution in [3.05, 3.63) is 83.1 Å². The summed E-state index contributed by atoms with van der Waals surface area (Å²) in [6.45, 7) is 4.31. The SMILES string of the molecule is CCOC(=O)C1=C(CNC(c2ccccc2)c2ccccc2)NC(=O)N[C@@H]1CC. The first kappa shape index (κ1) is 20.6. The summed E-state index contributed by atoms with van der Waals surface area (Å²) in [6.07, 6.45) is 0.603. The number of nitrogens with one attached hydrogen (secondary N) is 3. The van der Waals surface area contributed by atoms with Gasteiger partial charge >= 0.3 is 12.0 Å². The molecule has 3 rings (SSSR count). The van der Waals surface area contributed by atoms with Gasteiger partial charge in [0.15, 0.2) is 0 Å². The van der Waals surface area contributed by atoms with Crippen molar-refractivity contribution in [3.8, 4) is 0 Å². The first-order valence-electron chi connectivity index (χ1n) is 9.95. The molecule has 1 atom stereocenters. The summed E-state index contributed by atoms with van der Waals surface area (Å²) < 4.78 is 5.24. The van der Waals surface area contributed by atoms with Gasteiger partial charge in [-0.2, -0.15) is 0 Å². The summed E-state index contributed by atoms with van der Waals surface area (Å²) >= 11 is 0. The largest absolute Gasteiger partial charge is 0.463 e. The highest BCUT2D eigenvalue weighted by Gasteiger charge is 2.31. The van der Waals surface area contributed by atoms with Crippen molar-refractivity contribution in [1.82, 2.24) is 16.0 Å². The highest BCUT2D eigenvalue weighted by Crippen LogP contribution is 2.23. The fourth-order valence-corrected chi connectivity index (χ4v) is 3.52. The molecule has 1 aliphatic rings. The number of rotatable bonds is 8. The molecular formula is C23H27N3O3. The Hall–Kier alpha value is -3.12. The predicted octanol–water partition coefficient (Wildman–Crippen LogP) is 3.27. The van der Waals surface area contributed by atoms with E-state index in [9.17, 15) is 9.59 Å². The van der Waals surface area contributed by atoms with E-state index in [1.165, 1.54) is 0 Å². The van der Waals surface area contributed by atoms with Crippen LogP contribution in [0.1, 0.15) is 37.4 Å². The zero-order valence-electron chi connectivity index (χ0n) is 16.8. The number of amides is 2. The van der Waals surface area contributed by atoms with Gasteiger partial charge in [0, 0.05) is 12.2 Å². The summed E-state index contributed by atoms with van der Waals surface area (Å²) in [7, 11) is 0. The molecule has 0 unspecified atom stereocenters. The molecule has 2 amide bonds. The number of benzene rings is 2. The minimum atomic E-state index is -0.403. The molecule has 29 heavy (non-hydrogen) atoms. The van der Waals surface area contributed by atoms with Crippen LogP contribution in [0.15, 0.2) is 71.9 Å². The summed E-state index contributed by atoms with van der Waals surface area (Å²) in [5.74, 6) is -0.403. The number of carbonyl (C=O) groups excluding carboxylic acids is 2. The number of ether oxygens (including phenoxy) is 1. The van der Waals surface area contributed by atoms with Crippen molar-refractivity contribution in [2.24, 2.45) is 0 Å². The van der Waals surface area contributed by atoms with Crippen LogP contribution in [0.25, 0.3) is 0 Å². The maximum Gasteiger partial charge on any atom is 0.337 e. The van der Waals surface area contributed by atoms with Crippen LogP contribution in [0.5, 0.6) is 0 Å².